The van der Waals surface area contributed by atoms with Crippen LogP contribution in [0.5, 0.6) is 0 Å². The second kappa shape index (κ2) is 4.51. The van der Waals surface area contributed by atoms with Crippen LogP contribution in [0, 0.1) is 5.92 Å². The summed E-state index contributed by atoms with van der Waals surface area (Å²) in [7, 11) is 1.78. The highest BCUT2D eigenvalue weighted by atomic mass is 16.2. The van der Waals surface area contributed by atoms with Crippen LogP contribution in [0.25, 0.3) is 0 Å². The number of carbonyl (C=O) groups is 1. The largest absolute Gasteiger partial charge is 0.372 e. The second-order valence-corrected chi connectivity index (χ2v) is 4.29. The van der Waals surface area contributed by atoms with Gasteiger partial charge >= 0.3 is 0 Å². The Bertz CT molecular complexity index is 392. The fourth-order valence-electron chi connectivity index (χ4n) is 2.07. The number of likely N-dealkylation sites (tertiary alicyclic amines) is 1. The minimum atomic E-state index is 0.0850. The Labute approximate surface area is 95.7 Å². The van der Waals surface area contributed by atoms with Crippen LogP contribution in [0.2, 0.25) is 0 Å². The van der Waals surface area contributed by atoms with Gasteiger partial charge in [0, 0.05) is 26.3 Å². The van der Waals surface area contributed by atoms with E-state index in [1.807, 2.05) is 11.0 Å². The molecule has 0 spiro atoms. The maximum atomic E-state index is 12.2. The molecule has 1 saturated heterocycles. The highest BCUT2D eigenvalue weighted by Crippen LogP contribution is 2.20. The van der Waals surface area contributed by atoms with Crippen LogP contribution in [-0.4, -0.2) is 35.9 Å². The van der Waals surface area contributed by atoms with Gasteiger partial charge in [-0.05, 0) is 24.5 Å². The van der Waals surface area contributed by atoms with Gasteiger partial charge in [-0.25, -0.2) is 4.98 Å². The van der Waals surface area contributed by atoms with Gasteiger partial charge in [-0.3, -0.25) is 4.79 Å². The number of pyridine rings is 1. The van der Waals surface area contributed by atoms with Gasteiger partial charge in [0.1, 0.15) is 5.82 Å². The molecule has 1 N–H and O–H groups in total. The molecule has 2 rings (SSSR count). The summed E-state index contributed by atoms with van der Waals surface area (Å²) in [6.45, 7) is 3.89. The number of hydrogen-bond donors (Lipinski definition) is 1. The van der Waals surface area contributed by atoms with E-state index >= 15 is 0 Å². The molecule has 4 heteroatoms. The summed E-state index contributed by atoms with van der Waals surface area (Å²) in [6.07, 6.45) is 2.79. The van der Waals surface area contributed by atoms with Crippen LogP contribution < -0.4 is 5.32 Å². The Morgan fingerprint density at radius 3 is 3.06 bits per heavy atom. The molecule has 0 bridgehead atoms. The SMILES string of the molecule is CNc1ncccc1C(=O)N1CCC(C)C1. The summed E-state index contributed by atoms with van der Waals surface area (Å²) in [4.78, 5) is 18.3. The van der Waals surface area contributed by atoms with Crippen LogP contribution in [-0.2, 0) is 0 Å². The first-order valence-electron chi connectivity index (χ1n) is 5.64. The topological polar surface area (TPSA) is 45.2 Å². The molecule has 1 aliphatic heterocycles. The molecule has 1 amide bonds. The van der Waals surface area contributed by atoms with Crippen molar-refractivity contribution in [2.75, 3.05) is 25.5 Å². The van der Waals surface area contributed by atoms with E-state index in [-0.39, 0.29) is 5.91 Å². The van der Waals surface area contributed by atoms with E-state index in [1.54, 1.807) is 19.3 Å². The Morgan fingerprint density at radius 2 is 2.44 bits per heavy atom. The summed E-state index contributed by atoms with van der Waals surface area (Å²) >= 11 is 0. The van der Waals surface area contributed by atoms with Crippen molar-refractivity contribution in [1.82, 2.24) is 9.88 Å². The zero-order valence-corrected chi connectivity index (χ0v) is 9.73. The van der Waals surface area contributed by atoms with E-state index in [0.29, 0.717) is 17.3 Å². The van der Waals surface area contributed by atoms with Crippen molar-refractivity contribution in [1.29, 1.82) is 0 Å². The molecule has 0 saturated carbocycles. The van der Waals surface area contributed by atoms with Crippen molar-refractivity contribution in [3.63, 3.8) is 0 Å². The summed E-state index contributed by atoms with van der Waals surface area (Å²) in [5.74, 6) is 1.35. The quantitative estimate of drug-likeness (QED) is 0.821. The third-order valence-electron chi connectivity index (χ3n) is 2.99. The van der Waals surface area contributed by atoms with E-state index in [9.17, 15) is 4.79 Å². The van der Waals surface area contributed by atoms with Crippen molar-refractivity contribution in [3.05, 3.63) is 23.9 Å². The van der Waals surface area contributed by atoms with Crippen molar-refractivity contribution in [2.24, 2.45) is 5.92 Å². The average Bonchev–Trinajstić information content (AvgIpc) is 2.75. The van der Waals surface area contributed by atoms with Crippen LogP contribution >= 0.6 is 0 Å². The lowest BCUT2D eigenvalue weighted by molar-refractivity contribution is 0.0788. The second-order valence-electron chi connectivity index (χ2n) is 4.29. The predicted octanol–water partition coefficient (Wildman–Crippen LogP) is 1.61. The van der Waals surface area contributed by atoms with Gasteiger partial charge in [0.25, 0.3) is 5.91 Å². The molecule has 1 aliphatic rings. The van der Waals surface area contributed by atoms with Crippen molar-refractivity contribution in [2.45, 2.75) is 13.3 Å². The van der Waals surface area contributed by atoms with Gasteiger partial charge in [-0.1, -0.05) is 6.92 Å². The normalized spacial score (nSPS) is 19.9. The Kier molecular flexibility index (Phi) is 3.08. The molecule has 16 heavy (non-hydrogen) atoms. The first-order valence-corrected chi connectivity index (χ1v) is 5.64. The summed E-state index contributed by atoms with van der Waals surface area (Å²) in [5.41, 5.74) is 0.666. The molecule has 1 aromatic heterocycles. The van der Waals surface area contributed by atoms with Gasteiger partial charge in [0.15, 0.2) is 0 Å². The Balaban J connectivity index is 2.20. The molecule has 1 atom stereocenters. The lowest BCUT2D eigenvalue weighted by Crippen LogP contribution is -2.29. The van der Waals surface area contributed by atoms with Gasteiger partial charge in [-0.15, -0.1) is 0 Å². The van der Waals surface area contributed by atoms with Gasteiger partial charge in [0.2, 0.25) is 0 Å². The van der Waals surface area contributed by atoms with E-state index in [2.05, 4.69) is 17.2 Å². The van der Waals surface area contributed by atoms with E-state index in [0.717, 1.165) is 19.5 Å². The predicted molar refractivity (Wildman–Crippen MR) is 63.5 cm³/mol. The smallest absolute Gasteiger partial charge is 0.257 e. The fourth-order valence-corrected chi connectivity index (χ4v) is 2.07. The number of anilines is 1. The summed E-state index contributed by atoms with van der Waals surface area (Å²) < 4.78 is 0. The third-order valence-corrected chi connectivity index (χ3v) is 2.99. The monoisotopic (exact) mass is 219 g/mol. The van der Waals surface area contributed by atoms with Crippen LogP contribution in [0.4, 0.5) is 5.82 Å². The number of hydrogen-bond acceptors (Lipinski definition) is 3. The van der Waals surface area contributed by atoms with Crippen LogP contribution in [0.1, 0.15) is 23.7 Å². The Morgan fingerprint density at radius 1 is 1.62 bits per heavy atom. The maximum Gasteiger partial charge on any atom is 0.257 e. The maximum absolute atomic E-state index is 12.2. The number of amides is 1. The average molecular weight is 219 g/mol. The van der Waals surface area contributed by atoms with Crippen molar-refractivity contribution in [3.8, 4) is 0 Å². The first-order chi connectivity index (χ1) is 7.72. The molecule has 86 valence electrons. The molecule has 0 aliphatic carbocycles. The molecule has 0 aromatic carbocycles. The molecule has 4 nitrogen and oxygen atoms in total. The zero-order chi connectivity index (χ0) is 11.5. The minimum Gasteiger partial charge on any atom is -0.372 e. The number of carbonyl (C=O) groups excluding carboxylic acids is 1. The number of nitrogens with one attached hydrogen (secondary N) is 1. The lowest BCUT2D eigenvalue weighted by atomic mass is 10.2. The molecule has 0 radical (unpaired) electrons. The van der Waals surface area contributed by atoms with Crippen molar-refractivity contribution < 1.29 is 4.79 Å². The third kappa shape index (κ3) is 2.01. The van der Waals surface area contributed by atoms with E-state index in [4.69, 9.17) is 0 Å². The van der Waals surface area contributed by atoms with Gasteiger partial charge in [0.05, 0.1) is 5.56 Å². The summed E-state index contributed by atoms with van der Waals surface area (Å²) in [6, 6.07) is 3.62. The molecule has 1 fully saturated rings. The molecule has 1 unspecified atom stereocenters. The van der Waals surface area contributed by atoms with Gasteiger partial charge in [-0.2, -0.15) is 0 Å². The van der Waals surface area contributed by atoms with E-state index in [1.165, 1.54) is 0 Å². The molecular formula is C12H17N3O. The van der Waals surface area contributed by atoms with Crippen molar-refractivity contribution >= 4 is 11.7 Å². The first kappa shape index (κ1) is 10.9. The van der Waals surface area contributed by atoms with Gasteiger partial charge < -0.3 is 10.2 Å². The highest BCUT2D eigenvalue weighted by molar-refractivity contribution is 5.98. The molecular weight excluding hydrogens is 202 g/mol. The van der Waals surface area contributed by atoms with Crippen LogP contribution in [0.3, 0.4) is 0 Å². The fraction of sp³-hybridized carbons (Fsp3) is 0.500. The molecule has 1 aromatic rings. The van der Waals surface area contributed by atoms with E-state index < -0.39 is 0 Å². The standard InChI is InChI=1S/C12H17N3O/c1-9-5-7-15(8-9)12(16)10-4-3-6-14-11(10)13-2/h3-4,6,9H,5,7-8H2,1-2H3,(H,13,14). The summed E-state index contributed by atoms with van der Waals surface area (Å²) in [5, 5.41) is 2.95. The molecule has 2 heterocycles. The Hall–Kier alpha value is -1.58. The zero-order valence-electron chi connectivity index (χ0n) is 9.73. The highest BCUT2D eigenvalue weighted by Gasteiger charge is 2.25. The number of aromatic nitrogens is 1. The van der Waals surface area contributed by atoms with Crippen LogP contribution in [0.15, 0.2) is 18.3 Å². The number of nitrogens with zero attached hydrogens (tertiary/aromatic N) is 2. The lowest BCUT2D eigenvalue weighted by Gasteiger charge is -2.17. The number of rotatable bonds is 2. The minimum absolute atomic E-state index is 0.0850.